The lowest BCUT2D eigenvalue weighted by Crippen LogP contribution is -2.24. The Balaban J connectivity index is 2.69. The van der Waals surface area contributed by atoms with E-state index in [9.17, 15) is 0 Å². The van der Waals surface area contributed by atoms with Crippen molar-refractivity contribution in [2.24, 2.45) is 10.9 Å². The normalized spacial score (nSPS) is 11.6. The van der Waals surface area contributed by atoms with Gasteiger partial charge in [-0.2, -0.15) is 0 Å². The number of nitrogens with zero attached hydrogens (tertiary/aromatic N) is 2. The molecule has 4 nitrogen and oxygen atoms in total. The molecule has 0 aliphatic rings. The van der Waals surface area contributed by atoms with E-state index < -0.39 is 0 Å². The molecule has 88 valence electrons. The highest BCUT2D eigenvalue weighted by Gasteiger charge is 2.05. The smallest absolute Gasteiger partial charge is 0.140 e. The van der Waals surface area contributed by atoms with E-state index in [4.69, 9.17) is 10.9 Å². The van der Waals surface area contributed by atoms with Crippen LogP contribution in [0.25, 0.3) is 0 Å². The van der Waals surface area contributed by atoms with Crippen LogP contribution < -0.4 is 10.6 Å². The molecule has 0 bridgehead atoms. The van der Waals surface area contributed by atoms with Gasteiger partial charge in [0.1, 0.15) is 5.84 Å². The van der Waals surface area contributed by atoms with Crippen molar-refractivity contribution in [1.82, 2.24) is 0 Å². The van der Waals surface area contributed by atoms with Crippen LogP contribution in [0.5, 0.6) is 0 Å². The van der Waals surface area contributed by atoms with Crippen LogP contribution in [0.4, 0.5) is 5.69 Å². The van der Waals surface area contributed by atoms with Crippen molar-refractivity contribution >= 4 is 11.5 Å². The molecular formula is C12H19N3O. The van der Waals surface area contributed by atoms with Crippen LogP contribution in [-0.2, 0) is 0 Å². The Morgan fingerprint density at radius 2 is 2.12 bits per heavy atom. The minimum atomic E-state index is 0.261. The fourth-order valence-corrected chi connectivity index (χ4v) is 1.69. The Morgan fingerprint density at radius 3 is 2.69 bits per heavy atom. The summed E-state index contributed by atoms with van der Waals surface area (Å²) in [7, 11) is 2.00. The number of nitrogens with two attached hydrogens (primary N) is 1. The van der Waals surface area contributed by atoms with Crippen molar-refractivity contribution in [1.29, 1.82) is 0 Å². The summed E-state index contributed by atoms with van der Waals surface area (Å²) in [6.07, 6.45) is 0.556. The van der Waals surface area contributed by atoms with Gasteiger partial charge >= 0.3 is 0 Å². The first-order chi connectivity index (χ1) is 7.54. The Labute approximate surface area is 96.4 Å². The van der Waals surface area contributed by atoms with Gasteiger partial charge in [-0.3, -0.25) is 0 Å². The van der Waals surface area contributed by atoms with Gasteiger partial charge in [0.25, 0.3) is 0 Å². The zero-order valence-electron chi connectivity index (χ0n) is 10.1. The predicted octanol–water partition coefficient (Wildman–Crippen LogP) is 1.88. The number of benzene rings is 1. The van der Waals surface area contributed by atoms with E-state index in [1.165, 1.54) is 16.8 Å². The molecular weight excluding hydrogens is 202 g/mol. The third kappa shape index (κ3) is 3.15. The van der Waals surface area contributed by atoms with Gasteiger partial charge in [-0.25, -0.2) is 0 Å². The van der Waals surface area contributed by atoms with E-state index in [0.29, 0.717) is 6.42 Å². The molecule has 16 heavy (non-hydrogen) atoms. The van der Waals surface area contributed by atoms with Crippen LogP contribution in [0.2, 0.25) is 0 Å². The molecule has 0 saturated heterocycles. The van der Waals surface area contributed by atoms with Crippen molar-refractivity contribution in [3.8, 4) is 0 Å². The van der Waals surface area contributed by atoms with Crippen molar-refractivity contribution in [3.05, 3.63) is 29.3 Å². The Morgan fingerprint density at radius 1 is 1.44 bits per heavy atom. The molecule has 0 spiro atoms. The third-order valence-electron chi connectivity index (χ3n) is 2.60. The standard InChI is InChI=1S/C12H19N3O/c1-9-4-5-11(10(2)8-9)15(3)7-6-12(13)14-16/h4-5,8,16H,6-7H2,1-3H3,(H2,13,14). The van der Waals surface area contributed by atoms with Crippen LogP contribution in [0.15, 0.2) is 23.4 Å². The molecule has 0 atom stereocenters. The maximum absolute atomic E-state index is 8.45. The highest BCUT2D eigenvalue weighted by atomic mass is 16.4. The molecule has 0 aromatic heterocycles. The number of aryl methyl sites for hydroxylation is 2. The molecule has 4 heteroatoms. The zero-order chi connectivity index (χ0) is 12.1. The zero-order valence-corrected chi connectivity index (χ0v) is 10.1. The van der Waals surface area contributed by atoms with E-state index in [-0.39, 0.29) is 5.84 Å². The van der Waals surface area contributed by atoms with E-state index >= 15 is 0 Å². The first-order valence-corrected chi connectivity index (χ1v) is 5.29. The second-order valence-corrected chi connectivity index (χ2v) is 4.05. The summed E-state index contributed by atoms with van der Waals surface area (Å²) < 4.78 is 0. The number of hydrogen-bond donors (Lipinski definition) is 2. The second-order valence-electron chi connectivity index (χ2n) is 4.05. The van der Waals surface area contributed by atoms with Gasteiger partial charge in [-0.15, -0.1) is 0 Å². The summed E-state index contributed by atoms with van der Waals surface area (Å²) in [5, 5.41) is 11.4. The largest absolute Gasteiger partial charge is 0.409 e. The number of amidine groups is 1. The van der Waals surface area contributed by atoms with Crippen LogP contribution in [0, 0.1) is 13.8 Å². The highest BCUT2D eigenvalue weighted by Crippen LogP contribution is 2.19. The number of anilines is 1. The van der Waals surface area contributed by atoms with Gasteiger partial charge in [-0.05, 0) is 25.5 Å². The average molecular weight is 221 g/mol. The summed E-state index contributed by atoms with van der Waals surface area (Å²) in [5.41, 5.74) is 9.11. The SMILES string of the molecule is Cc1ccc(N(C)CCC(N)=NO)c(C)c1. The molecule has 1 aromatic rings. The predicted molar refractivity (Wildman–Crippen MR) is 67.2 cm³/mol. The van der Waals surface area contributed by atoms with E-state index in [0.717, 1.165) is 6.54 Å². The van der Waals surface area contributed by atoms with Gasteiger partial charge in [0, 0.05) is 25.7 Å². The van der Waals surface area contributed by atoms with Crippen molar-refractivity contribution in [3.63, 3.8) is 0 Å². The minimum absolute atomic E-state index is 0.261. The molecule has 0 amide bonds. The van der Waals surface area contributed by atoms with E-state index in [1.807, 2.05) is 7.05 Å². The summed E-state index contributed by atoms with van der Waals surface area (Å²) >= 11 is 0. The summed E-state index contributed by atoms with van der Waals surface area (Å²) in [4.78, 5) is 2.10. The van der Waals surface area contributed by atoms with Crippen molar-refractivity contribution < 1.29 is 5.21 Å². The first kappa shape index (κ1) is 12.4. The topological polar surface area (TPSA) is 61.8 Å². The molecule has 0 unspecified atom stereocenters. The number of hydrogen-bond acceptors (Lipinski definition) is 3. The second kappa shape index (κ2) is 5.39. The molecule has 0 fully saturated rings. The maximum Gasteiger partial charge on any atom is 0.140 e. The fourth-order valence-electron chi connectivity index (χ4n) is 1.69. The molecule has 1 rings (SSSR count). The molecule has 0 radical (unpaired) electrons. The Bertz CT molecular complexity index is 388. The van der Waals surface area contributed by atoms with Crippen LogP contribution in [-0.4, -0.2) is 24.6 Å². The maximum atomic E-state index is 8.45. The van der Waals surface area contributed by atoms with Crippen LogP contribution >= 0.6 is 0 Å². The van der Waals surface area contributed by atoms with Gasteiger partial charge < -0.3 is 15.8 Å². The van der Waals surface area contributed by atoms with Gasteiger partial charge in [-0.1, -0.05) is 22.9 Å². The lowest BCUT2D eigenvalue weighted by molar-refractivity contribution is 0.317. The lowest BCUT2D eigenvalue weighted by Gasteiger charge is -2.21. The molecule has 1 aromatic carbocycles. The summed E-state index contributed by atoms with van der Waals surface area (Å²) in [6, 6.07) is 6.33. The van der Waals surface area contributed by atoms with Gasteiger partial charge in [0.2, 0.25) is 0 Å². The van der Waals surface area contributed by atoms with Crippen molar-refractivity contribution in [2.45, 2.75) is 20.3 Å². The molecule has 0 aliphatic carbocycles. The van der Waals surface area contributed by atoms with Crippen LogP contribution in [0.3, 0.4) is 0 Å². The molecule has 3 N–H and O–H groups in total. The quantitative estimate of drug-likeness (QED) is 0.353. The van der Waals surface area contributed by atoms with Gasteiger partial charge in [0.05, 0.1) is 0 Å². The third-order valence-corrected chi connectivity index (χ3v) is 2.60. The number of oxime groups is 1. The molecule has 0 saturated carbocycles. The monoisotopic (exact) mass is 221 g/mol. The first-order valence-electron chi connectivity index (χ1n) is 5.29. The fraction of sp³-hybridized carbons (Fsp3) is 0.417. The Kier molecular flexibility index (Phi) is 4.17. The lowest BCUT2D eigenvalue weighted by atomic mass is 10.1. The van der Waals surface area contributed by atoms with E-state index in [2.05, 4.69) is 42.1 Å². The van der Waals surface area contributed by atoms with Crippen molar-refractivity contribution in [2.75, 3.05) is 18.5 Å². The Hall–Kier alpha value is -1.71. The average Bonchev–Trinajstić information content (AvgIpc) is 2.25. The molecule has 0 heterocycles. The van der Waals surface area contributed by atoms with Crippen LogP contribution in [0.1, 0.15) is 17.5 Å². The highest BCUT2D eigenvalue weighted by molar-refractivity contribution is 5.80. The van der Waals surface area contributed by atoms with E-state index in [1.54, 1.807) is 0 Å². The minimum Gasteiger partial charge on any atom is -0.409 e. The number of rotatable bonds is 4. The summed E-state index contributed by atoms with van der Waals surface area (Å²) in [6.45, 7) is 4.90. The van der Waals surface area contributed by atoms with Gasteiger partial charge in [0.15, 0.2) is 0 Å². The molecule has 0 aliphatic heterocycles. The summed E-state index contributed by atoms with van der Waals surface area (Å²) in [5.74, 6) is 0.261.